The van der Waals surface area contributed by atoms with Gasteiger partial charge in [-0.2, -0.15) is 0 Å². The second kappa shape index (κ2) is 8.62. The van der Waals surface area contributed by atoms with Crippen molar-refractivity contribution >= 4 is 17.5 Å². The van der Waals surface area contributed by atoms with Crippen LogP contribution < -0.4 is 10.6 Å². The van der Waals surface area contributed by atoms with Gasteiger partial charge in [-0.05, 0) is 25.3 Å². The van der Waals surface area contributed by atoms with E-state index in [2.05, 4.69) is 15.5 Å². The molecule has 1 amide bonds. The van der Waals surface area contributed by atoms with Gasteiger partial charge in [-0.3, -0.25) is 9.69 Å². The molecule has 1 aromatic rings. The minimum Gasteiger partial charge on any atom is -0.358 e. The monoisotopic (exact) mass is 341 g/mol. The normalized spacial score (nSPS) is 17.9. The zero-order chi connectivity index (χ0) is 16.8. The average Bonchev–Trinajstić information content (AvgIpc) is 2.57. The van der Waals surface area contributed by atoms with Gasteiger partial charge in [0.1, 0.15) is 5.82 Å². The van der Waals surface area contributed by atoms with Gasteiger partial charge in [0.15, 0.2) is 0 Å². The van der Waals surface area contributed by atoms with E-state index < -0.39 is 0 Å². The summed E-state index contributed by atoms with van der Waals surface area (Å²) in [5, 5.41) is 6.37. The maximum absolute atomic E-state index is 14.2. The third-order valence-corrected chi connectivity index (χ3v) is 4.73. The lowest BCUT2D eigenvalue weighted by atomic mass is 9.99. The number of benzene rings is 1. The van der Waals surface area contributed by atoms with E-state index in [1.165, 1.54) is 0 Å². The largest absolute Gasteiger partial charge is 0.358 e. The highest BCUT2D eigenvalue weighted by atomic mass is 35.5. The van der Waals surface area contributed by atoms with E-state index in [9.17, 15) is 9.18 Å². The fourth-order valence-corrected chi connectivity index (χ4v) is 3.22. The number of likely N-dealkylation sites (tertiary alicyclic amines) is 1. The van der Waals surface area contributed by atoms with Crippen molar-refractivity contribution in [3.63, 3.8) is 0 Å². The summed E-state index contributed by atoms with van der Waals surface area (Å²) in [6.45, 7) is 4.24. The maximum atomic E-state index is 14.2. The second-order valence-corrected chi connectivity index (χ2v) is 6.40. The molecule has 0 radical (unpaired) electrons. The minimum absolute atomic E-state index is 0.0378. The molecule has 0 aliphatic carbocycles. The Morgan fingerprint density at radius 2 is 2.13 bits per heavy atom. The molecule has 23 heavy (non-hydrogen) atoms. The SMILES string of the molecule is CC[C@H](NC1CCN(CC(=O)NC)CC1)c1cccc(Cl)c1F. The summed E-state index contributed by atoms with van der Waals surface area (Å²) in [4.78, 5) is 13.6. The molecule has 128 valence electrons. The van der Waals surface area contributed by atoms with E-state index in [1.807, 2.05) is 6.92 Å². The fourth-order valence-electron chi connectivity index (χ4n) is 3.04. The van der Waals surface area contributed by atoms with Gasteiger partial charge in [0.2, 0.25) is 5.91 Å². The Kier molecular flexibility index (Phi) is 6.81. The summed E-state index contributed by atoms with van der Waals surface area (Å²) in [7, 11) is 1.65. The lowest BCUT2D eigenvalue weighted by Gasteiger charge is -2.34. The van der Waals surface area contributed by atoms with E-state index >= 15 is 0 Å². The topological polar surface area (TPSA) is 44.4 Å². The van der Waals surface area contributed by atoms with E-state index in [0.29, 0.717) is 18.2 Å². The van der Waals surface area contributed by atoms with Gasteiger partial charge in [0, 0.05) is 37.8 Å². The van der Waals surface area contributed by atoms with Gasteiger partial charge in [-0.25, -0.2) is 4.39 Å². The minimum atomic E-state index is -0.328. The molecule has 1 aliphatic rings. The highest BCUT2D eigenvalue weighted by molar-refractivity contribution is 6.30. The van der Waals surface area contributed by atoms with Crippen LogP contribution in [0, 0.1) is 5.82 Å². The Morgan fingerprint density at radius 1 is 1.43 bits per heavy atom. The van der Waals surface area contributed by atoms with Gasteiger partial charge in [0.05, 0.1) is 11.6 Å². The van der Waals surface area contributed by atoms with Gasteiger partial charge in [-0.1, -0.05) is 30.7 Å². The highest BCUT2D eigenvalue weighted by Crippen LogP contribution is 2.26. The molecular formula is C17H25ClFN3O. The number of hydrogen-bond donors (Lipinski definition) is 2. The molecule has 0 saturated carbocycles. The highest BCUT2D eigenvalue weighted by Gasteiger charge is 2.24. The quantitative estimate of drug-likeness (QED) is 0.836. The molecule has 1 fully saturated rings. The van der Waals surface area contributed by atoms with Crippen molar-refractivity contribution in [3.05, 3.63) is 34.6 Å². The first-order chi connectivity index (χ1) is 11.0. The Labute approximate surface area is 142 Å². The molecule has 1 aromatic carbocycles. The smallest absolute Gasteiger partial charge is 0.233 e. The third kappa shape index (κ3) is 4.90. The lowest BCUT2D eigenvalue weighted by Crippen LogP contribution is -2.46. The van der Waals surface area contributed by atoms with E-state index in [0.717, 1.165) is 32.4 Å². The molecule has 0 bridgehead atoms. The molecule has 1 saturated heterocycles. The predicted molar refractivity (Wildman–Crippen MR) is 91.1 cm³/mol. The number of halogens is 2. The number of rotatable bonds is 6. The molecule has 6 heteroatoms. The molecule has 1 heterocycles. The predicted octanol–water partition coefficient (Wildman–Crippen LogP) is 2.73. The summed E-state index contributed by atoms with van der Waals surface area (Å²) in [6.07, 6.45) is 2.71. The maximum Gasteiger partial charge on any atom is 0.233 e. The number of hydrogen-bond acceptors (Lipinski definition) is 3. The van der Waals surface area contributed by atoms with Crippen LogP contribution in [-0.2, 0) is 4.79 Å². The zero-order valence-electron chi connectivity index (χ0n) is 13.7. The summed E-state index contributed by atoms with van der Waals surface area (Å²) >= 11 is 5.89. The van der Waals surface area contributed by atoms with Crippen LogP contribution in [0.1, 0.15) is 37.8 Å². The summed E-state index contributed by atoms with van der Waals surface area (Å²) in [5.74, 6) is -0.283. The van der Waals surface area contributed by atoms with E-state index in [4.69, 9.17) is 11.6 Å². The fraction of sp³-hybridized carbons (Fsp3) is 0.588. The standard InChI is InChI=1S/C17H25ClFN3O/c1-3-15(13-5-4-6-14(18)17(13)19)21-12-7-9-22(10-8-12)11-16(23)20-2/h4-6,12,15,21H,3,7-11H2,1-2H3,(H,20,23)/t15-/m0/s1. The van der Waals surface area contributed by atoms with Crippen molar-refractivity contribution in [1.29, 1.82) is 0 Å². The van der Waals surface area contributed by atoms with Crippen LogP contribution in [0.15, 0.2) is 18.2 Å². The number of carbonyl (C=O) groups is 1. The number of piperidine rings is 1. The molecule has 2 N–H and O–H groups in total. The average molecular weight is 342 g/mol. The molecule has 0 spiro atoms. The van der Waals surface area contributed by atoms with Crippen molar-refractivity contribution in [2.75, 3.05) is 26.7 Å². The molecule has 0 unspecified atom stereocenters. The Hall–Kier alpha value is -1.17. The molecule has 0 aromatic heterocycles. The zero-order valence-corrected chi connectivity index (χ0v) is 14.5. The Bertz CT molecular complexity index is 533. The van der Waals surface area contributed by atoms with Crippen LogP contribution in [0.5, 0.6) is 0 Å². The first-order valence-electron chi connectivity index (χ1n) is 8.18. The summed E-state index contributed by atoms with van der Waals surface area (Å²) < 4.78 is 14.2. The van der Waals surface area contributed by atoms with Gasteiger partial charge in [-0.15, -0.1) is 0 Å². The van der Waals surface area contributed by atoms with Crippen LogP contribution in [0.2, 0.25) is 5.02 Å². The Morgan fingerprint density at radius 3 is 2.74 bits per heavy atom. The van der Waals surface area contributed by atoms with Gasteiger partial charge >= 0.3 is 0 Å². The van der Waals surface area contributed by atoms with E-state index in [1.54, 1.807) is 25.2 Å². The van der Waals surface area contributed by atoms with Crippen LogP contribution in [0.3, 0.4) is 0 Å². The molecule has 2 rings (SSSR count). The molecule has 1 atom stereocenters. The number of nitrogens with zero attached hydrogens (tertiary/aromatic N) is 1. The van der Waals surface area contributed by atoms with Crippen molar-refractivity contribution in [1.82, 2.24) is 15.5 Å². The van der Waals surface area contributed by atoms with Crippen molar-refractivity contribution in [2.24, 2.45) is 0 Å². The third-order valence-electron chi connectivity index (χ3n) is 4.44. The van der Waals surface area contributed by atoms with Crippen LogP contribution in [-0.4, -0.2) is 43.5 Å². The van der Waals surface area contributed by atoms with E-state index in [-0.39, 0.29) is 22.8 Å². The Balaban J connectivity index is 1.91. The second-order valence-electron chi connectivity index (χ2n) is 5.99. The number of amides is 1. The lowest BCUT2D eigenvalue weighted by molar-refractivity contribution is -0.122. The summed E-state index contributed by atoms with van der Waals surface area (Å²) in [6, 6.07) is 5.45. The van der Waals surface area contributed by atoms with Crippen LogP contribution in [0.4, 0.5) is 4.39 Å². The van der Waals surface area contributed by atoms with Crippen molar-refractivity contribution in [2.45, 2.75) is 38.3 Å². The molecule has 1 aliphatic heterocycles. The molecular weight excluding hydrogens is 317 g/mol. The van der Waals surface area contributed by atoms with Crippen LogP contribution in [0.25, 0.3) is 0 Å². The first-order valence-corrected chi connectivity index (χ1v) is 8.55. The van der Waals surface area contributed by atoms with Crippen molar-refractivity contribution < 1.29 is 9.18 Å². The van der Waals surface area contributed by atoms with Gasteiger partial charge in [0.25, 0.3) is 0 Å². The number of nitrogens with one attached hydrogen (secondary N) is 2. The van der Waals surface area contributed by atoms with Crippen molar-refractivity contribution in [3.8, 4) is 0 Å². The number of likely N-dealkylation sites (N-methyl/N-ethyl adjacent to an activating group) is 1. The van der Waals surface area contributed by atoms with Gasteiger partial charge < -0.3 is 10.6 Å². The first kappa shape index (κ1) is 18.2. The number of carbonyl (C=O) groups excluding carboxylic acids is 1. The summed E-state index contributed by atoms with van der Waals surface area (Å²) in [5.41, 5.74) is 0.632. The van der Waals surface area contributed by atoms with Crippen LogP contribution >= 0.6 is 11.6 Å². The molecule has 4 nitrogen and oxygen atoms in total.